The van der Waals surface area contributed by atoms with Crippen molar-refractivity contribution in [2.24, 2.45) is 0 Å². The van der Waals surface area contributed by atoms with Crippen LogP contribution in [0.1, 0.15) is 20.3 Å². The van der Waals surface area contributed by atoms with Crippen molar-refractivity contribution in [1.29, 1.82) is 0 Å². The van der Waals surface area contributed by atoms with Gasteiger partial charge in [0.1, 0.15) is 0 Å². The van der Waals surface area contributed by atoms with Crippen LogP contribution < -0.4 is 19.5 Å². The molecule has 6 nitrogen and oxygen atoms in total. The summed E-state index contributed by atoms with van der Waals surface area (Å²) in [7, 11) is -3.68. The average molecular weight is 348 g/mol. The van der Waals surface area contributed by atoms with E-state index in [2.05, 4.69) is 23.9 Å². The van der Waals surface area contributed by atoms with Gasteiger partial charge in [0.2, 0.25) is 6.79 Å². The minimum absolute atomic E-state index is 0.108. The zero-order valence-electron chi connectivity index (χ0n) is 13.6. The minimum atomic E-state index is -3.68. The molecular formula is C17H20N2O4S. The Kier molecular flexibility index (Phi) is 4.53. The fraction of sp³-hybridized carbons (Fsp3) is 0.294. The zero-order valence-corrected chi connectivity index (χ0v) is 14.4. The van der Waals surface area contributed by atoms with Gasteiger partial charge >= 0.3 is 0 Å². The van der Waals surface area contributed by atoms with Crippen molar-refractivity contribution < 1.29 is 17.9 Å². The predicted molar refractivity (Wildman–Crippen MR) is 93.2 cm³/mol. The number of rotatable bonds is 6. The lowest BCUT2D eigenvalue weighted by Crippen LogP contribution is -2.14. The Bertz CT molecular complexity index is 819. The van der Waals surface area contributed by atoms with Gasteiger partial charge in [-0.05, 0) is 49.7 Å². The van der Waals surface area contributed by atoms with Crippen molar-refractivity contribution in [2.45, 2.75) is 31.2 Å². The number of hydrogen-bond acceptors (Lipinski definition) is 5. The van der Waals surface area contributed by atoms with Gasteiger partial charge in [-0.1, -0.05) is 6.92 Å². The quantitative estimate of drug-likeness (QED) is 0.836. The van der Waals surface area contributed by atoms with E-state index < -0.39 is 10.0 Å². The molecule has 2 aromatic rings. The molecule has 3 rings (SSSR count). The van der Waals surface area contributed by atoms with Gasteiger partial charge in [-0.25, -0.2) is 8.42 Å². The first-order valence-corrected chi connectivity index (χ1v) is 9.25. The number of nitrogens with one attached hydrogen (secondary N) is 2. The third-order valence-electron chi connectivity index (χ3n) is 3.82. The number of ether oxygens (including phenoxy) is 2. The number of benzene rings is 2. The molecule has 1 heterocycles. The normalized spacial score (nSPS) is 14.2. The molecule has 0 fully saturated rings. The lowest BCUT2D eigenvalue weighted by Gasteiger charge is -2.14. The summed E-state index contributed by atoms with van der Waals surface area (Å²) in [5, 5.41) is 3.33. The van der Waals surface area contributed by atoms with Gasteiger partial charge < -0.3 is 14.8 Å². The van der Waals surface area contributed by atoms with Crippen molar-refractivity contribution in [3.05, 3.63) is 42.5 Å². The van der Waals surface area contributed by atoms with Gasteiger partial charge in [-0.3, -0.25) is 4.72 Å². The van der Waals surface area contributed by atoms with Gasteiger partial charge in [0.25, 0.3) is 10.0 Å². The number of anilines is 2. The largest absolute Gasteiger partial charge is 0.454 e. The summed E-state index contributed by atoms with van der Waals surface area (Å²) in [6.45, 7) is 4.30. The van der Waals surface area contributed by atoms with E-state index in [9.17, 15) is 8.42 Å². The highest BCUT2D eigenvalue weighted by molar-refractivity contribution is 7.92. The van der Waals surface area contributed by atoms with Crippen LogP contribution in [-0.4, -0.2) is 21.3 Å². The summed E-state index contributed by atoms with van der Waals surface area (Å²) in [6.07, 6.45) is 1.01. The van der Waals surface area contributed by atoms with Gasteiger partial charge in [0.15, 0.2) is 11.5 Å². The van der Waals surface area contributed by atoms with E-state index in [0.717, 1.165) is 12.1 Å². The third kappa shape index (κ3) is 3.56. The number of sulfonamides is 1. The fourth-order valence-corrected chi connectivity index (χ4v) is 3.35. The highest BCUT2D eigenvalue weighted by atomic mass is 32.2. The van der Waals surface area contributed by atoms with Crippen LogP contribution in [0.3, 0.4) is 0 Å². The summed E-state index contributed by atoms with van der Waals surface area (Å²) in [5.74, 6) is 0.986. The molecule has 128 valence electrons. The molecule has 1 aliphatic rings. The molecule has 0 aliphatic carbocycles. The Morgan fingerprint density at radius 2 is 1.71 bits per heavy atom. The lowest BCUT2D eigenvalue weighted by atomic mass is 10.2. The molecule has 0 saturated heterocycles. The molecule has 0 amide bonds. The first kappa shape index (κ1) is 16.4. The van der Waals surface area contributed by atoms with E-state index in [1.54, 1.807) is 18.2 Å². The van der Waals surface area contributed by atoms with Crippen molar-refractivity contribution in [3.8, 4) is 11.5 Å². The van der Waals surface area contributed by atoms with Crippen LogP contribution in [0.5, 0.6) is 11.5 Å². The van der Waals surface area contributed by atoms with E-state index in [4.69, 9.17) is 9.47 Å². The van der Waals surface area contributed by atoms with Crippen LogP contribution in [0.15, 0.2) is 47.4 Å². The Labute approximate surface area is 141 Å². The smallest absolute Gasteiger partial charge is 0.262 e. The topological polar surface area (TPSA) is 76.7 Å². The van der Waals surface area contributed by atoms with Crippen molar-refractivity contribution >= 4 is 21.4 Å². The molecule has 0 aromatic heterocycles. The average Bonchev–Trinajstić information content (AvgIpc) is 3.04. The molecule has 24 heavy (non-hydrogen) atoms. The fourth-order valence-electron chi connectivity index (χ4n) is 2.28. The molecule has 1 aliphatic heterocycles. The standard InChI is InChI=1S/C17H20N2O4S/c1-3-12(2)18-13-4-6-14(7-5-13)19-24(20,21)15-8-9-16-17(10-15)23-11-22-16/h4-10,12,18-19H,3,11H2,1-2H3. The molecule has 0 bridgehead atoms. The minimum Gasteiger partial charge on any atom is -0.454 e. The lowest BCUT2D eigenvalue weighted by molar-refractivity contribution is 0.174. The Morgan fingerprint density at radius 1 is 1.04 bits per heavy atom. The maximum absolute atomic E-state index is 12.5. The highest BCUT2D eigenvalue weighted by Crippen LogP contribution is 2.34. The SMILES string of the molecule is CCC(C)Nc1ccc(NS(=O)(=O)c2ccc3c(c2)OCO3)cc1. The molecule has 2 N–H and O–H groups in total. The van der Waals surface area contributed by atoms with Crippen LogP contribution >= 0.6 is 0 Å². The van der Waals surface area contributed by atoms with E-state index in [1.165, 1.54) is 12.1 Å². The maximum Gasteiger partial charge on any atom is 0.262 e. The first-order chi connectivity index (χ1) is 11.5. The van der Waals surface area contributed by atoms with Gasteiger partial charge in [-0.2, -0.15) is 0 Å². The summed E-state index contributed by atoms with van der Waals surface area (Å²) in [4.78, 5) is 0.133. The highest BCUT2D eigenvalue weighted by Gasteiger charge is 2.20. The van der Waals surface area contributed by atoms with E-state index in [1.807, 2.05) is 12.1 Å². The van der Waals surface area contributed by atoms with Crippen molar-refractivity contribution in [2.75, 3.05) is 16.8 Å². The van der Waals surface area contributed by atoms with Gasteiger partial charge in [-0.15, -0.1) is 0 Å². The van der Waals surface area contributed by atoms with Crippen LogP contribution in [0.4, 0.5) is 11.4 Å². The maximum atomic E-state index is 12.5. The summed E-state index contributed by atoms with van der Waals surface area (Å²) in [5.41, 5.74) is 1.46. The van der Waals surface area contributed by atoms with Crippen LogP contribution in [-0.2, 0) is 10.0 Å². The zero-order chi connectivity index (χ0) is 17.2. The number of hydrogen-bond donors (Lipinski definition) is 2. The van der Waals surface area contributed by atoms with Crippen LogP contribution in [0.2, 0.25) is 0 Å². The third-order valence-corrected chi connectivity index (χ3v) is 5.20. The van der Waals surface area contributed by atoms with Crippen LogP contribution in [0.25, 0.3) is 0 Å². The van der Waals surface area contributed by atoms with E-state index >= 15 is 0 Å². The summed E-state index contributed by atoms with van der Waals surface area (Å²) >= 11 is 0. The van der Waals surface area contributed by atoms with E-state index in [0.29, 0.717) is 23.2 Å². The Hall–Kier alpha value is -2.41. The molecule has 7 heteroatoms. The second-order valence-corrected chi connectivity index (χ2v) is 7.33. The molecule has 2 aromatic carbocycles. The Balaban J connectivity index is 1.74. The predicted octanol–water partition coefficient (Wildman–Crippen LogP) is 3.43. The van der Waals surface area contributed by atoms with Crippen molar-refractivity contribution in [3.63, 3.8) is 0 Å². The van der Waals surface area contributed by atoms with Crippen LogP contribution in [0, 0.1) is 0 Å². The van der Waals surface area contributed by atoms with Gasteiger partial charge in [0, 0.05) is 23.5 Å². The van der Waals surface area contributed by atoms with Gasteiger partial charge in [0.05, 0.1) is 4.90 Å². The first-order valence-electron chi connectivity index (χ1n) is 7.77. The second kappa shape index (κ2) is 6.60. The molecular weight excluding hydrogens is 328 g/mol. The summed E-state index contributed by atoms with van der Waals surface area (Å²) in [6, 6.07) is 12.1. The molecule has 1 unspecified atom stereocenters. The van der Waals surface area contributed by atoms with E-state index in [-0.39, 0.29) is 11.7 Å². The molecule has 0 spiro atoms. The molecule has 0 radical (unpaired) electrons. The monoisotopic (exact) mass is 348 g/mol. The molecule has 0 saturated carbocycles. The van der Waals surface area contributed by atoms with Crippen molar-refractivity contribution in [1.82, 2.24) is 0 Å². The number of fused-ring (bicyclic) bond motifs is 1. The Morgan fingerprint density at radius 3 is 2.42 bits per heavy atom. The molecule has 1 atom stereocenters. The second-order valence-electron chi connectivity index (χ2n) is 5.65. The summed E-state index contributed by atoms with van der Waals surface area (Å²) < 4.78 is 38.0.